The van der Waals surface area contributed by atoms with E-state index in [1.165, 1.54) is 0 Å². The lowest BCUT2D eigenvalue weighted by molar-refractivity contribution is 0.0918. The van der Waals surface area contributed by atoms with Crippen LogP contribution in [0, 0.1) is 5.92 Å². The van der Waals surface area contributed by atoms with Gasteiger partial charge in [-0.3, -0.25) is 9.48 Å². The number of amides is 1. The van der Waals surface area contributed by atoms with E-state index in [4.69, 9.17) is 5.73 Å². The Morgan fingerprint density at radius 1 is 1.62 bits per heavy atom. The van der Waals surface area contributed by atoms with Crippen LogP contribution in [0.1, 0.15) is 30.8 Å². The highest BCUT2D eigenvalue weighted by atomic mass is 16.2. The fraction of sp³-hybridized carbons (Fsp3) is 0.636. The van der Waals surface area contributed by atoms with Gasteiger partial charge in [0.2, 0.25) is 0 Å². The number of hydrogen-bond acceptors (Lipinski definition) is 3. The third kappa shape index (κ3) is 3.34. The summed E-state index contributed by atoms with van der Waals surface area (Å²) in [6.45, 7) is 4.71. The fourth-order valence-electron chi connectivity index (χ4n) is 1.53. The molecule has 1 aromatic heterocycles. The van der Waals surface area contributed by atoms with Crippen molar-refractivity contribution in [2.24, 2.45) is 18.7 Å². The zero-order chi connectivity index (χ0) is 12.1. The summed E-state index contributed by atoms with van der Waals surface area (Å²) >= 11 is 0. The zero-order valence-electron chi connectivity index (χ0n) is 10.1. The Kier molecular flexibility index (Phi) is 4.49. The third-order valence-electron chi connectivity index (χ3n) is 2.55. The smallest absolute Gasteiger partial charge is 0.272 e. The van der Waals surface area contributed by atoms with E-state index in [9.17, 15) is 4.79 Å². The second-order valence-corrected chi connectivity index (χ2v) is 4.28. The van der Waals surface area contributed by atoms with Crippen molar-refractivity contribution in [3.8, 4) is 0 Å². The topological polar surface area (TPSA) is 72.9 Å². The van der Waals surface area contributed by atoms with E-state index in [2.05, 4.69) is 24.3 Å². The van der Waals surface area contributed by atoms with Gasteiger partial charge in [0.15, 0.2) is 0 Å². The molecule has 0 aliphatic heterocycles. The molecule has 0 saturated carbocycles. The van der Waals surface area contributed by atoms with Crippen LogP contribution in [0.2, 0.25) is 0 Å². The Hall–Kier alpha value is -1.36. The van der Waals surface area contributed by atoms with Crippen molar-refractivity contribution in [3.63, 3.8) is 0 Å². The molecule has 0 radical (unpaired) electrons. The molecule has 1 aromatic rings. The fourth-order valence-corrected chi connectivity index (χ4v) is 1.53. The van der Waals surface area contributed by atoms with Crippen LogP contribution in [0.25, 0.3) is 0 Å². The molecule has 90 valence electrons. The predicted octanol–water partition coefficient (Wildman–Crippen LogP) is 0.523. The number of hydrogen-bond donors (Lipinski definition) is 2. The van der Waals surface area contributed by atoms with Gasteiger partial charge in [-0.1, -0.05) is 13.8 Å². The minimum atomic E-state index is -0.132. The van der Waals surface area contributed by atoms with E-state index in [0.29, 0.717) is 18.2 Å². The van der Waals surface area contributed by atoms with E-state index >= 15 is 0 Å². The van der Waals surface area contributed by atoms with Gasteiger partial charge in [-0.15, -0.1) is 0 Å². The molecule has 0 aromatic carbocycles. The maximum atomic E-state index is 11.8. The number of aromatic nitrogens is 2. The van der Waals surface area contributed by atoms with Crippen molar-refractivity contribution in [2.75, 3.05) is 6.54 Å². The van der Waals surface area contributed by atoms with Crippen molar-refractivity contribution < 1.29 is 4.79 Å². The molecule has 0 aliphatic carbocycles. The average molecular weight is 224 g/mol. The molecule has 0 bridgehead atoms. The largest absolute Gasteiger partial charge is 0.348 e. The van der Waals surface area contributed by atoms with Gasteiger partial charge in [-0.25, -0.2) is 0 Å². The van der Waals surface area contributed by atoms with Gasteiger partial charge in [0, 0.05) is 19.3 Å². The molecule has 1 amide bonds. The van der Waals surface area contributed by atoms with E-state index in [0.717, 1.165) is 6.42 Å². The van der Waals surface area contributed by atoms with Crippen molar-refractivity contribution in [2.45, 2.75) is 26.3 Å². The van der Waals surface area contributed by atoms with Crippen LogP contribution in [0.15, 0.2) is 12.3 Å². The molecule has 3 N–H and O–H groups in total. The summed E-state index contributed by atoms with van der Waals surface area (Å²) in [5, 5.41) is 7.01. The SMILES string of the molecule is CC(C)C(CCN)NC(=O)c1ccn(C)n1. The highest BCUT2D eigenvalue weighted by Crippen LogP contribution is 2.06. The van der Waals surface area contributed by atoms with Crippen LogP contribution in [0.3, 0.4) is 0 Å². The van der Waals surface area contributed by atoms with Gasteiger partial charge < -0.3 is 11.1 Å². The molecule has 0 aliphatic rings. The van der Waals surface area contributed by atoms with Gasteiger partial charge in [-0.2, -0.15) is 5.10 Å². The number of aryl methyl sites for hydroxylation is 1. The monoisotopic (exact) mass is 224 g/mol. The molecule has 1 unspecified atom stereocenters. The number of carbonyl (C=O) groups excluding carboxylic acids is 1. The normalized spacial score (nSPS) is 12.8. The van der Waals surface area contributed by atoms with Crippen molar-refractivity contribution >= 4 is 5.91 Å². The lowest BCUT2D eigenvalue weighted by Gasteiger charge is -2.21. The molecule has 0 fully saturated rings. The highest BCUT2D eigenvalue weighted by Gasteiger charge is 2.17. The van der Waals surface area contributed by atoms with Gasteiger partial charge in [0.1, 0.15) is 5.69 Å². The minimum absolute atomic E-state index is 0.111. The first-order valence-electron chi connectivity index (χ1n) is 5.55. The van der Waals surface area contributed by atoms with Crippen LogP contribution in [-0.4, -0.2) is 28.3 Å². The Balaban J connectivity index is 2.61. The Morgan fingerprint density at radius 3 is 2.75 bits per heavy atom. The van der Waals surface area contributed by atoms with Gasteiger partial charge >= 0.3 is 0 Å². The molecule has 1 heterocycles. The quantitative estimate of drug-likeness (QED) is 0.766. The standard InChI is InChI=1S/C11H20N4O/c1-8(2)9(4-6-12)13-11(16)10-5-7-15(3)14-10/h5,7-9H,4,6,12H2,1-3H3,(H,13,16). The number of nitrogens with zero attached hydrogens (tertiary/aromatic N) is 2. The Labute approximate surface area is 96.0 Å². The molecule has 16 heavy (non-hydrogen) atoms. The molecule has 5 heteroatoms. The molecule has 0 saturated heterocycles. The number of nitrogens with one attached hydrogen (secondary N) is 1. The lowest BCUT2D eigenvalue weighted by atomic mass is 10.0. The molecular formula is C11H20N4O. The number of carbonyl (C=O) groups is 1. The molecule has 0 spiro atoms. The first-order chi connectivity index (χ1) is 7.54. The van der Waals surface area contributed by atoms with E-state index in [-0.39, 0.29) is 11.9 Å². The van der Waals surface area contributed by atoms with Crippen molar-refractivity contribution in [3.05, 3.63) is 18.0 Å². The Bertz CT molecular complexity index is 346. The minimum Gasteiger partial charge on any atom is -0.348 e. The average Bonchev–Trinajstić information content (AvgIpc) is 2.64. The van der Waals surface area contributed by atoms with Crippen molar-refractivity contribution in [1.82, 2.24) is 15.1 Å². The van der Waals surface area contributed by atoms with E-state index in [1.54, 1.807) is 24.0 Å². The molecule has 1 rings (SSSR count). The number of rotatable bonds is 5. The summed E-state index contributed by atoms with van der Waals surface area (Å²) in [7, 11) is 1.79. The maximum Gasteiger partial charge on any atom is 0.272 e. The van der Waals surface area contributed by atoms with Crippen LogP contribution in [0.4, 0.5) is 0 Å². The first-order valence-corrected chi connectivity index (χ1v) is 5.55. The summed E-state index contributed by atoms with van der Waals surface area (Å²) in [5.41, 5.74) is 5.96. The third-order valence-corrected chi connectivity index (χ3v) is 2.55. The highest BCUT2D eigenvalue weighted by molar-refractivity contribution is 5.92. The van der Waals surface area contributed by atoms with Gasteiger partial charge in [-0.05, 0) is 24.9 Å². The summed E-state index contributed by atoms with van der Waals surface area (Å²) in [6.07, 6.45) is 2.54. The molecule has 1 atom stereocenters. The van der Waals surface area contributed by atoms with Crippen LogP contribution in [-0.2, 0) is 7.05 Å². The molecular weight excluding hydrogens is 204 g/mol. The lowest BCUT2D eigenvalue weighted by Crippen LogP contribution is -2.40. The summed E-state index contributed by atoms with van der Waals surface area (Å²) in [4.78, 5) is 11.8. The second-order valence-electron chi connectivity index (χ2n) is 4.28. The van der Waals surface area contributed by atoms with Crippen molar-refractivity contribution in [1.29, 1.82) is 0 Å². The Morgan fingerprint density at radius 2 is 2.31 bits per heavy atom. The summed E-state index contributed by atoms with van der Waals surface area (Å²) in [6, 6.07) is 1.81. The predicted molar refractivity (Wildman–Crippen MR) is 63.0 cm³/mol. The molecule has 5 nitrogen and oxygen atoms in total. The van der Waals surface area contributed by atoms with Crippen LogP contribution >= 0.6 is 0 Å². The van der Waals surface area contributed by atoms with Gasteiger partial charge in [0.05, 0.1) is 0 Å². The first kappa shape index (κ1) is 12.7. The zero-order valence-corrected chi connectivity index (χ0v) is 10.1. The maximum absolute atomic E-state index is 11.8. The summed E-state index contributed by atoms with van der Waals surface area (Å²) in [5.74, 6) is 0.240. The second kappa shape index (κ2) is 5.65. The summed E-state index contributed by atoms with van der Waals surface area (Å²) < 4.78 is 1.61. The number of nitrogens with two attached hydrogens (primary N) is 1. The van der Waals surface area contributed by atoms with E-state index < -0.39 is 0 Å². The van der Waals surface area contributed by atoms with Crippen LogP contribution < -0.4 is 11.1 Å². The van der Waals surface area contributed by atoms with Crippen LogP contribution in [0.5, 0.6) is 0 Å². The van der Waals surface area contributed by atoms with E-state index in [1.807, 2.05) is 0 Å². The van der Waals surface area contributed by atoms with Gasteiger partial charge in [0.25, 0.3) is 5.91 Å².